The maximum absolute atomic E-state index is 5.78. The molecule has 0 saturated carbocycles. The van der Waals surface area contributed by atoms with Crippen molar-refractivity contribution in [3.8, 4) is 5.75 Å². The van der Waals surface area contributed by atoms with Crippen LogP contribution in [0.5, 0.6) is 5.75 Å². The molecule has 0 aromatic heterocycles. The molecule has 2 nitrogen and oxygen atoms in total. The highest BCUT2D eigenvalue weighted by atomic mass is 35.5. The highest BCUT2D eigenvalue weighted by Crippen LogP contribution is 2.30. The highest BCUT2D eigenvalue weighted by Gasteiger charge is 2.14. The first-order chi connectivity index (χ1) is 6.79. The molecule has 1 aromatic rings. The van der Waals surface area contributed by atoms with Gasteiger partial charge in [-0.2, -0.15) is 0 Å². The lowest BCUT2D eigenvalue weighted by molar-refractivity contribution is 0.321. The zero-order chi connectivity index (χ0) is 9.97. The Kier molecular flexibility index (Phi) is 4.43. The second-order valence-corrected chi connectivity index (χ2v) is 4.02. The van der Waals surface area contributed by atoms with Crippen LogP contribution in [-0.4, -0.2) is 13.2 Å². The Morgan fingerprint density at radius 1 is 1.33 bits per heavy atom. The van der Waals surface area contributed by atoms with Crippen molar-refractivity contribution in [2.75, 3.05) is 13.2 Å². The Morgan fingerprint density at radius 2 is 2.13 bits per heavy atom. The molecule has 0 unspecified atom stereocenters. The Morgan fingerprint density at radius 3 is 2.87 bits per heavy atom. The molecule has 1 aliphatic heterocycles. The van der Waals surface area contributed by atoms with E-state index in [9.17, 15) is 0 Å². The van der Waals surface area contributed by atoms with Crippen molar-refractivity contribution in [1.29, 1.82) is 0 Å². The van der Waals surface area contributed by atoms with Gasteiger partial charge in [-0.25, -0.2) is 0 Å². The molecule has 84 valence electrons. The number of rotatable bonds is 1. The summed E-state index contributed by atoms with van der Waals surface area (Å²) in [4.78, 5) is 0. The van der Waals surface area contributed by atoms with Crippen LogP contribution >= 0.6 is 12.4 Å². The van der Waals surface area contributed by atoms with Crippen LogP contribution < -0.4 is 10.1 Å². The van der Waals surface area contributed by atoms with Gasteiger partial charge in [-0.1, -0.05) is 32.0 Å². The van der Waals surface area contributed by atoms with E-state index in [1.165, 1.54) is 11.1 Å². The SMILES string of the molecule is CC(C)c1cccc2c1OCCNC2.Cl. The molecule has 0 saturated heterocycles. The molecule has 1 aromatic carbocycles. The van der Waals surface area contributed by atoms with Crippen LogP contribution in [0.3, 0.4) is 0 Å². The van der Waals surface area contributed by atoms with Gasteiger partial charge in [-0.05, 0) is 11.5 Å². The van der Waals surface area contributed by atoms with E-state index in [-0.39, 0.29) is 12.4 Å². The van der Waals surface area contributed by atoms with E-state index < -0.39 is 0 Å². The van der Waals surface area contributed by atoms with Crippen LogP contribution in [0, 0.1) is 0 Å². The number of halogens is 1. The van der Waals surface area contributed by atoms with E-state index in [1.807, 2.05) is 0 Å². The molecule has 0 spiro atoms. The molecule has 0 radical (unpaired) electrons. The van der Waals surface area contributed by atoms with Crippen molar-refractivity contribution in [2.24, 2.45) is 0 Å². The van der Waals surface area contributed by atoms with Crippen LogP contribution in [0.1, 0.15) is 30.9 Å². The highest BCUT2D eigenvalue weighted by molar-refractivity contribution is 5.85. The molecule has 2 rings (SSSR count). The first-order valence-corrected chi connectivity index (χ1v) is 5.24. The molecule has 1 aliphatic rings. The first-order valence-electron chi connectivity index (χ1n) is 5.24. The van der Waals surface area contributed by atoms with Gasteiger partial charge in [0.1, 0.15) is 12.4 Å². The summed E-state index contributed by atoms with van der Waals surface area (Å²) in [5.41, 5.74) is 2.61. The van der Waals surface area contributed by atoms with Gasteiger partial charge in [0.05, 0.1) is 0 Å². The molecule has 15 heavy (non-hydrogen) atoms. The summed E-state index contributed by atoms with van der Waals surface area (Å²) in [6, 6.07) is 6.42. The molecule has 0 atom stereocenters. The monoisotopic (exact) mass is 227 g/mol. The Bertz CT molecular complexity index is 325. The van der Waals surface area contributed by atoms with Crippen molar-refractivity contribution < 1.29 is 4.74 Å². The number of hydrogen-bond acceptors (Lipinski definition) is 2. The van der Waals surface area contributed by atoms with Crippen molar-refractivity contribution in [3.63, 3.8) is 0 Å². The summed E-state index contributed by atoms with van der Waals surface area (Å²) >= 11 is 0. The number of benzene rings is 1. The van der Waals surface area contributed by atoms with Gasteiger partial charge in [-0.15, -0.1) is 12.4 Å². The quantitative estimate of drug-likeness (QED) is 0.797. The summed E-state index contributed by atoms with van der Waals surface area (Å²) in [6.45, 7) is 7.05. The van der Waals surface area contributed by atoms with Crippen LogP contribution in [0.2, 0.25) is 0 Å². The van der Waals surface area contributed by atoms with Crippen LogP contribution in [0.15, 0.2) is 18.2 Å². The van der Waals surface area contributed by atoms with Crippen molar-refractivity contribution >= 4 is 12.4 Å². The van der Waals surface area contributed by atoms with Gasteiger partial charge in [0.15, 0.2) is 0 Å². The molecular formula is C12H18ClNO. The minimum atomic E-state index is 0. The second kappa shape index (κ2) is 5.38. The number of ether oxygens (including phenoxy) is 1. The largest absolute Gasteiger partial charge is 0.492 e. The summed E-state index contributed by atoms with van der Waals surface area (Å²) in [6.07, 6.45) is 0. The third-order valence-corrected chi connectivity index (χ3v) is 2.59. The topological polar surface area (TPSA) is 21.3 Å². The zero-order valence-corrected chi connectivity index (χ0v) is 10.1. The fourth-order valence-electron chi connectivity index (χ4n) is 1.82. The number of para-hydroxylation sites is 1. The van der Waals surface area contributed by atoms with Crippen LogP contribution in [0.25, 0.3) is 0 Å². The van der Waals surface area contributed by atoms with E-state index in [1.54, 1.807) is 0 Å². The number of nitrogens with one attached hydrogen (secondary N) is 1. The maximum atomic E-state index is 5.78. The van der Waals surface area contributed by atoms with E-state index in [2.05, 4.69) is 37.4 Å². The smallest absolute Gasteiger partial charge is 0.127 e. The Hall–Kier alpha value is -0.730. The lowest BCUT2D eigenvalue weighted by Gasteiger charge is -2.14. The fraction of sp³-hybridized carbons (Fsp3) is 0.500. The second-order valence-electron chi connectivity index (χ2n) is 4.02. The summed E-state index contributed by atoms with van der Waals surface area (Å²) in [7, 11) is 0. The van der Waals surface area contributed by atoms with E-state index in [0.29, 0.717) is 5.92 Å². The van der Waals surface area contributed by atoms with Crippen LogP contribution in [0.4, 0.5) is 0 Å². The minimum absolute atomic E-state index is 0. The molecule has 1 heterocycles. The molecule has 1 N–H and O–H groups in total. The van der Waals surface area contributed by atoms with E-state index in [0.717, 1.165) is 25.4 Å². The summed E-state index contributed by atoms with van der Waals surface area (Å²) in [5.74, 6) is 1.63. The average molecular weight is 228 g/mol. The van der Waals surface area contributed by atoms with Crippen LogP contribution in [-0.2, 0) is 6.54 Å². The number of hydrogen-bond donors (Lipinski definition) is 1. The van der Waals surface area contributed by atoms with E-state index in [4.69, 9.17) is 4.74 Å². The lowest BCUT2D eigenvalue weighted by Crippen LogP contribution is -2.16. The fourth-order valence-corrected chi connectivity index (χ4v) is 1.82. The third-order valence-electron chi connectivity index (χ3n) is 2.59. The molecule has 0 aliphatic carbocycles. The molecule has 0 amide bonds. The van der Waals surface area contributed by atoms with E-state index >= 15 is 0 Å². The maximum Gasteiger partial charge on any atom is 0.127 e. The lowest BCUT2D eigenvalue weighted by atomic mass is 9.99. The molecular weight excluding hydrogens is 210 g/mol. The van der Waals surface area contributed by atoms with Gasteiger partial charge in [0.2, 0.25) is 0 Å². The predicted octanol–water partition coefficient (Wildman–Crippen LogP) is 2.71. The number of fused-ring (bicyclic) bond motifs is 1. The normalized spacial score (nSPS) is 14.9. The first kappa shape index (κ1) is 12.3. The Labute approximate surface area is 97.4 Å². The molecule has 0 bridgehead atoms. The minimum Gasteiger partial charge on any atom is -0.492 e. The summed E-state index contributed by atoms with van der Waals surface area (Å²) in [5, 5.41) is 3.34. The van der Waals surface area contributed by atoms with Gasteiger partial charge in [0.25, 0.3) is 0 Å². The van der Waals surface area contributed by atoms with Crippen molar-refractivity contribution in [3.05, 3.63) is 29.3 Å². The standard InChI is InChI=1S/C12H17NO.ClH/c1-9(2)11-5-3-4-10-8-13-6-7-14-12(10)11;/h3-5,9,13H,6-8H2,1-2H3;1H. The predicted molar refractivity (Wildman–Crippen MR) is 65.0 cm³/mol. The van der Waals surface area contributed by atoms with Crippen molar-refractivity contribution in [2.45, 2.75) is 26.3 Å². The average Bonchev–Trinajstić information content (AvgIpc) is 2.41. The van der Waals surface area contributed by atoms with Gasteiger partial charge < -0.3 is 10.1 Å². The zero-order valence-electron chi connectivity index (χ0n) is 9.25. The van der Waals surface area contributed by atoms with Crippen molar-refractivity contribution in [1.82, 2.24) is 5.32 Å². The van der Waals surface area contributed by atoms with Gasteiger partial charge in [-0.3, -0.25) is 0 Å². The molecule has 3 heteroatoms. The Balaban J connectivity index is 0.00000112. The summed E-state index contributed by atoms with van der Waals surface area (Å²) < 4.78 is 5.78. The van der Waals surface area contributed by atoms with Gasteiger partial charge in [0, 0.05) is 18.7 Å². The molecule has 0 fully saturated rings. The van der Waals surface area contributed by atoms with Gasteiger partial charge >= 0.3 is 0 Å². The third kappa shape index (κ3) is 2.64.